The lowest BCUT2D eigenvalue weighted by atomic mass is 9.93. The third-order valence-electron chi connectivity index (χ3n) is 3.15. The summed E-state index contributed by atoms with van der Waals surface area (Å²) >= 11 is 9.45. The van der Waals surface area contributed by atoms with Gasteiger partial charge in [-0.3, -0.25) is 0 Å². The molecule has 1 aromatic carbocycles. The van der Waals surface area contributed by atoms with Crippen LogP contribution in [0.1, 0.15) is 23.7 Å². The minimum atomic E-state index is -0.922. The molecule has 94 valence electrons. The van der Waals surface area contributed by atoms with Crippen LogP contribution in [0, 0.1) is 17.6 Å². The number of ether oxygens (including phenoxy) is 1. The highest BCUT2D eigenvalue weighted by molar-refractivity contribution is 9.09. The van der Waals surface area contributed by atoms with Crippen LogP contribution in [-0.2, 0) is 4.74 Å². The highest BCUT2D eigenvalue weighted by Gasteiger charge is 2.32. The standard InChI is InChI=1S/C12H12BrClF2O/c1-6-7(2-3-17-6)12(13)8-4-10(15)11(16)5-9(8)14/h4-7,12H,2-3H2,1H3. The highest BCUT2D eigenvalue weighted by atomic mass is 79.9. The van der Waals surface area contributed by atoms with Crippen molar-refractivity contribution in [3.8, 4) is 0 Å². The Kier molecular flexibility index (Phi) is 4.06. The second kappa shape index (κ2) is 5.21. The molecule has 0 aliphatic carbocycles. The van der Waals surface area contributed by atoms with E-state index >= 15 is 0 Å². The van der Waals surface area contributed by atoms with E-state index in [9.17, 15) is 8.78 Å². The molecule has 1 nitrogen and oxygen atoms in total. The molecule has 1 aliphatic heterocycles. The molecule has 1 fully saturated rings. The Morgan fingerprint density at radius 2 is 2.06 bits per heavy atom. The van der Waals surface area contributed by atoms with Crippen LogP contribution in [0.3, 0.4) is 0 Å². The van der Waals surface area contributed by atoms with E-state index in [0.29, 0.717) is 12.2 Å². The predicted molar refractivity (Wildman–Crippen MR) is 66.6 cm³/mol. The van der Waals surface area contributed by atoms with Crippen molar-refractivity contribution in [2.45, 2.75) is 24.3 Å². The van der Waals surface area contributed by atoms with E-state index in [2.05, 4.69) is 15.9 Å². The zero-order chi connectivity index (χ0) is 12.6. The van der Waals surface area contributed by atoms with E-state index < -0.39 is 11.6 Å². The molecule has 1 saturated heterocycles. The predicted octanol–water partition coefficient (Wildman–Crippen LogP) is 4.48. The van der Waals surface area contributed by atoms with Crippen molar-refractivity contribution in [2.75, 3.05) is 6.61 Å². The fourth-order valence-corrected chi connectivity index (χ4v) is 3.59. The second-order valence-corrected chi connectivity index (χ2v) is 5.61. The lowest BCUT2D eigenvalue weighted by molar-refractivity contribution is 0.105. The quantitative estimate of drug-likeness (QED) is 0.575. The molecule has 3 atom stereocenters. The van der Waals surface area contributed by atoms with Gasteiger partial charge in [-0.2, -0.15) is 0 Å². The first-order chi connectivity index (χ1) is 8.00. The van der Waals surface area contributed by atoms with Crippen molar-refractivity contribution < 1.29 is 13.5 Å². The van der Waals surface area contributed by atoms with Gasteiger partial charge >= 0.3 is 0 Å². The molecule has 1 heterocycles. The molecular formula is C12H12BrClF2O. The molecule has 0 radical (unpaired) electrons. The van der Waals surface area contributed by atoms with Gasteiger partial charge in [0.05, 0.1) is 6.10 Å². The number of halogens is 4. The van der Waals surface area contributed by atoms with Crippen molar-refractivity contribution in [1.29, 1.82) is 0 Å². The van der Waals surface area contributed by atoms with Crippen molar-refractivity contribution in [3.05, 3.63) is 34.4 Å². The number of alkyl halides is 1. The number of hydrogen-bond acceptors (Lipinski definition) is 1. The maximum atomic E-state index is 13.2. The lowest BCUT2D eigenvalue weighted by Gasteiger charge is -2.21. The summed E-state index contributed by atoms with van der Waals surface area (Å²) < 4.78 is 31.7. The van der Waals surface area contributed by atoms with Gasteiger partial charge in [0.15, 0.2) is 11.6 Å². The zero-order valence-corrected chi connectivity index (χ0v) is 11.6. The van der Waals surface area contributed by atoms with Crippen LogP contribution >= 0.6 is 27.5 Å². The topological polar surface area (TPSA) is 9.23 Å². The fraction of sp³-hybridized carbons (Fsp3) is 0.500. The van der Waals surface area contributed by atoms with Crippen molar-refractivity contribution in [1.82, 2.24) is 0 Å². The summed E-state index contributed by atoms with van der Waals surface area (Å²) in [6.45, 7) is 2.66. The van der Waals surface area contributed by atoms with Gasteiger partial charge < -0.3 is 4.74 Å². The first-order valence-corrected chi connectivity index (χ1v) is 6.70. The first kappa shape index (κ1) is 13.2. The van der Waals surface area contributed by atoms with E-state index in [1.807, 2.05) is 6.92 Å². The van der Waals surface area contributed by atoms with E-state index in [0.717, 1.165) is 18.6 Å². The Morgan fingerprint density at radius 1 is 1.41 bits per heavy atom. The van der Waals surface area contributed by atoms with E-state index in [-0.39, 0.29) is 21.9 Å². The third kappa shape index (κ3) is 2.64. The SMILES string of the molecule is CC1OCCC1C(Br)c1cc(F)c(F)cc1Cl. The molecule has 0 N–H and O–H groups in total. The van der Waals surface area contributed by atoms with Gasteiger partial charge in [-0.05, 0) is 31.0 Å². The summed E-state index contributed by atoms with van der Waals surface area (Å²) in [5, 5.41) is 0.241. The molecule has 1 aromatic rings. The Labute approximate surface area is 112 Å². The second-order valence-electron chi connectivity index (χ2n) is 4.22. The smallest absolute Gasteiger partial charge is 0.160 e. The number of hydrogen-bond donors (Lipinski definition) is 0. The average Bonchev–Trinajstić information content (AvgIpc) is 2.69. The van der Waals surface area contributed by atoms with Crippen LogP contribution in [0.15, 0.2) is 12.1 Å². The molecule has 0 amide bonds. The average molecular weight is 326 g/mol. The van der Waals surface area contributed by atoms with E-state index in [4.69, 9.17) is 16.3 Å². The van der Waals surface area contributed by atoms with Gasteiger partial charge in [0.1, 0.15) is 0 Å². The van der Waals surface area contributed by atoms with Crippen LogP contribution in [0.5, 0.6) is 0 Å². The number of rotatable bonds is 2. The summed E-state index contributed by atoms with van der Waals surface area (Å²) in [5.41, 5.74) is 0.577. The molecule has 17 heavy (non-hydrogen) atoms. The Hall–Kier alpha value is -0.190. The Balaban J connectivity index is 2.30. The molecule has 0 aromatic heterocycles. The molecule has 1 aliphatic rings. The van der Waals surface area contributed by atoms with E-state index in [1.165, 1.54) is 0 Å². The largest absolute Gasteiger partial charge is 0.378 e. The van der Waals surface area contributed by atoms with Crippen molar-refractivity contribution in [3.63, 3.8) is 0 Å². The molecule has 0 spiro atoms. The van der Waals surface area contributed by atoms with Crippen LogP contribution in [0.4, 0.5) is 8.78 Å². The highest BCUT2D eigenvalue weighted by Crippen LogP contribution is 2.42. The van der Waals surface area contributed by atoms with Gasteiger partial charge in [0.2, 0.25) is 0 Å². The summed E-state index contributed by atoms with van der Waals surface area (Å²) in [6.07, 6.45) is 0.968. The van der Waals surface area contributed by atoms with Crippen LogP contribution in [0.25, 0.3) is 0 Å². The summed E-state index contributed by atoms with van der Waals surface area (Å²) in [5.74, 6) is -1.58. The molecule has 3 unspecified atom stereocenters. The van der Waals surface area contributed by atoms with Gasteiger partial charge in [-0.15, -0.1) is 0 Å². The summed E-state index contributed by atoms with van der Waals surface area (Å²) in [7, 11) is 0. The van der Waals surface area contributed by atoms with Crippen molar-refractivity contribution >= 4 is 27.5 Å². The minimum Gasteiger partial charge on any atom is -0.378 e. The van der Waals surface area contributed by atoms with Gasteiger partial charge in [0.25, 0.3) is 0 Å². The molecule has 2 rings (SSSR count). The molecule has 0 saturated carbocycles. The maximum absolute atomic E-state index is 13.2. The lowest BCUT2D eigenvalue weighted by Crippen LogP contribution is -2.16. The molecule has 0 bridgehead atoms. The first-order valence-electron chi connectivity index (χ1n) is 5.41. The molecular weight excluding hydrogens is 313 g/mol. The van der Waals surface area contributed by atoms with Crippen LogP contribution < -0.4 is 0 Å². The van der Waals surface area contributed by atoms with E-state index in [1.54, 1.807) is 0 Å². The Bertz CT molecular complexity index is 427. The third-order valence-corrected chi connectivity index (χ3v) is 4.65. The van der Waals surface area contributed by atoms with Gasteiger partial charge in [0, 0.05) is 22.4 Å². The fourth-order valence-electron chi connectivity index (χ4n) is 2.11. The number of benzene rings is 1. The van der Waals surface area contributed by atoms with Crippen molar-refractivity contribution in [2.24, 2.45) is 5.92 Å². The molecule has 5 heteroatoms. The minimum absolute atomic E-state index is 0.0866. The zero-order valence-electron chi connectivity index (χ0n) is 9.22. The van der Waals surface area contributed by atoms with Gasteiger partial charge in [-0.1, -0.05) is 27.5 Å². The summed E-state index contributed by atoms with van der Waals surface area (Å²) in [6, 6.07) is 2.17. The van der Waals surface area contributed by atoms with Gasteiger partial charge in [-0.25, -0.2) is 8.78 Å². The van der Waals surface area contributed by atoms with Crippen LogP contribution in [-0.4, -0.2) is 12.7 Å². The normalized spacial score (nSPS) is 26.2. The van der Waals surface area contributed by atoms with Crippen LogP contribution in [0.2, 0.25) is 5.02 Å². The maximum Gasteiger partial charge on any atom is 0.160 e. The Morgan fingerprint density at radius 3 is 2.65 bits per heavy atom. The summed E-state index contributed by atoms with van der Waals surface area (Å²) in [4.78, 5) is -0.123. The monoisotopic (exact) mass is 324 g/mol.